The zero-order chi connectivity index (χ0) is 20.6. The van der Waals surface area contributed by atoms with Gasteiger partial charge >= 0.3 is 5.97 Å². The van der Waals surface area contributed by atoms with Crippen LogP contribution in [-0.4, -0.2) is 24.0 Å². The number of aromatic nitrogens is 1. The van der Waals surface area contributed by atoms with Crippen molar-refractivity contribution in [3.8, 4) is 5.75 Å². The zero-order valence-electron chi connectivity index (χ0n) is 16.3. The molecule has 0 saturated heterocycles. The van der Waals surface area contributed by atoms with Crippen LogP contribution in [0.1, 0.15) is 21.8 Å². The smallest absolute Gasteiger partial charge is 0.310 e. The van der Waals surface area contributed by atoms with Gasteiger partial charge < -0.3 is 14.8 Å². The molecule has 0 saturated carbocycles. The van der Waals surface area contributed by atoms with Gasteiger partial charge in [0.1, 0.15) is 17.4 Å². The summed E-state index contributed by atoms with van der Waals surface area (Å²) in [6.07, 6.45) is 0.337. The van der Waals surface area contributed by atoms with Gasteiger partial charge in [0.25, 0.3) is 0 Å². The van der Waals surface area contributed by atoms with Gasteiger partial charge in [0.15, 0.2) is 0 Å². The highest BCUT2D eigenvalue weighted by Gasteiger charge is 2.11. The van der Waals surface area contributed by atoms with Crippen molar-refractivity contribution in [3.63, 3.8) is 0 Å². The van der Waals surface area contributed by atoms with Crippen molar-refractivity contribution in [1.29, 1.82) is 0 Å². The van der Waals surface area contributed by atoms with Gasteiger partial charge in [-0.3, -0.25) is 9.59 Å². The summed E-state index contributed by atoms with van der Waals surface area (Å²) in [6, 6.07) is 14.9. The molecule has 1 heterocycles. The van der Waals surface area contributed by atoms with Crippen molar-refractivity contribution in [2.45, 2.75) is 26.4 Å². The summed E-state index contributed by atoms with van der Waals surface area (Å²) >= 11 is 1.37. The van der Waals surface area contributed by atoms with Crippen molar-refractivity contribution in [2.75, 3.05) is 12.4 Å². The van der Waals surface area contributed by atoms with E-state index in [2.05, 4.69) is 10.3 Å². The molecule has 3 aromatic rings. The number of carbonyl (C=O) groups excluding carboxylic acids is 2. The molecule has 0 aliphatic heterocycles. The molecule has 1 amide bonds. The van der Waals surface area contributed by atoms with Crippen LogP contribution < -0.4 is 10.1 Å². The van der Waals surface area contributed by atoms with E-state index < -0.39 is 0 Å². The fourth-order valence-corrected chi connectivity index (χ4v) is 3.41. The number of ether oxygens (including phenoxy) is 2. The van der Waals surface area contributed by atoms with Crippen LogP contribution in [0, 0.1) is 6.92 Å². The molecule has 29 heavy (non-hydrogen) atoms. The lowest BCUT2D eigenvalue weighted by Gasteiger charge is -2.05. The van der Waals surface area contributed by atoms with Crippen molar-refractivity contribution >= 4 is 28.9 Å². The molecule has 3 rings (SSSR count). The third-order valence-corrected chi connectivity index (χ3v) is 5.01. The maximum Gasteiger partial charge on any atom is 0.310 e. The Morgan fingerprint density at radius 1 is 1.10 bits per heavy atom. The average Bonchev–Trinajstić information content (AvgIpc) is 3.15. The van der Waals surface area contributed by atoms with Gasteiger partial charge in [0, 0.05) is 11.1 Å². The summed E-state index contributed by atoms with van der Waals surface area (Å²) in [6.45, 7) is 2.07. The Bertz CT molecular complexity index is 982. The van der Waals surface area contributed by atoms with Gasteiger partial charge in [-0.25, -0.2) is 4.98 Å². The minimum absolute atomic E-state index is 0.0822. The van der Waals surface area contributed by atoms with Crippen LogP contribution in [0.2, 0.25) is 0 Å². The first kappa shape index (κ1) is 20.5. The first-order valence-corrected chi connectivity index (χ1v) is 9.98. The highest BCUT2D eigenvalue weighted by Crippen LogP contribution is 2.16. The standard InChI is InChI=1S/C22H22N2O4S/c1-15-6-8-17(9-7-15)23-20(25)12-21-24-18(14-29-21)13-28-22(26)11-16-4-3-5-19(10-16)27-2/h3-10,14H,11-13H2,1-2H3,(H,23,25). The maximum atomic E-state index is 12.2. The number of hydrogen-bond donors (Lipinski definition) is 1. The van der Waals surface area contributed by atoms with E-state index in [0.29, 0.717) is 16.5 Å². The van der Waals surface area contributed by atoms with E-state index in [-0.39, 0.29) is 31.3 Å². The molecule has 0 radical (unpaired) electrons. The number of aryl methyl sites for hydroxylation is 1. The van der Waals surface area contributed by atoms with E-state index in [1.54, 1.807) is 18.6 Å². The molecule has 0 atom stereocenters. The quantitative estimate of drug-likeness (QED) is 0.570. The minimum atomic E-state index is -0.343. The number of nitrogens with one attached hydrogen (secondary N) is 1. The second-order valence-electron chi connectivity index (χ2n) is 6.51. The Labute approximate surface area is 173 Å². The number of methoxy groups -OCH3 is 1. The number of esters is 1. The number of anilines is 1. The average molecular weight is 410 g/mol. The van der Waals surface area contributed by atoms with Crippen molar-refractivity contribution in [2.24, 2.45) is 0 Å². The molecule has 1 aromatic heterocycles. The molecule has 2 aromatic carbocycles. The number of benzene rings is 2. The molecule has 0 aliphatic rings. The lowest BCUT2D eigenvalue weighted by Crippen LogP contribution is -2.14. The van der Waals surface area contributed by atoms with Crippen LogP contribution in [0.4, 0.5) is 5.69 Å². The summed E-state index contributed by atoms with van der Waals surface area (Å²) in [7, 11) is 1.58. The van der Waals surface area contributed by atoms with Gasteiger partial charge in [0.2, 0.25) is 5.91 Å². The van der Waals surface area contributed by atoms with E-state index in [1.165, 1.54) is 11.3 Å². The number of carbonyl (C=O) groups is 2. The van der Waals surface area contributed by atoms with Gasteiger partial charge in [-0.2, -0.15) is 0 Å². The van der Waals surface area contributed by atoms with Crippen LogP contribution in [0.25, 0.3) is 0 Å². The predicted molar refractivity (Wildman–Crippen MR) is 112 cm³/mol. The fraction of sp³-hybridized carbons (Fsp3) is 0.227. The highest BCUT2D eigenvalue weighted by molar-refractivity contribution is 7.09. The molecular weight excluding hydrogens is 388 g/mol. The van der Waals surface area contributed by atoms with E-state index >= 15 is 0 Å². The SMILES string of the molecule is COc1cccc(CC(=O)OCc2csc(CC(=O)Nc3ccc(C)cc3)n2)c1. The van der Waals surface area contributed by atoms with E-state index in [0.717, 1.165) is 16.8 Å². The molecule has 0 spiro atoms. The summed E-state index contributed by atoms with van der Waals surface area (Å²) in [4.78, 5) is 28.6. The third kappa shape index (κ3) is 6.43. The van der Waals surface area contributed by atoms with Gasteiger partial charge in [-0.15, -0.1) is 11.3 Å². The van der Waals surface area contributed by atoms with Crippen LogP contribution >= 0.6 is 11.3 Å². The normalized spacial score (nSPS) is 10.4. The number of rotatable bonds is 8. The van der Waals surface area contributed by atoms with Gasteiger partial charge in [-0.05, 0) is 36.8 Å². The first-order valence-electron chi connectivity index (χ1n) is 9.10. The molecular formula is C22H22N2O4S. The summed E-state index contributed by atoms with van der Waals surface area (Å²) in [5.41, 5.74) is 3.34. The predicted octanol–water partition coefficient (Wildman–Crippen LogP) is 3.93. The van der Waals surface area contributed by atoms with Gasteiger partial charge in [-0.1, -0.05) is 29.8 Å². The molecule has 7 heteroatoms. The van der Waals surface area contributed by atoms with E-state index in [4.69, 9.17) is 9.47 Å². The van der Waals surface area contributed by atoms with Crippen LogP contribution in [0.5, 0.6) is 5.75 Å². The first-order chi connectivity index (χ1) is 14.0. The Morgan fingerprint density at radius 2 is 1.90 bits per heavy atom. The Balaban J connectivity index is 1.46. The molecule has 0 aliphatic carbocycles. The minimum Gasteiger partial charge on any atom is -0.497 e. The van der Waals surface area contributed by atoms with Crippen molar-refractivity contribution in [3.05, 3.63) is 75.7 Å². The van der Waals surface area contributed by atoms with Crippen molar-refractivity contribution < 1.29 is 19.1 Å². The lowest BCUT2D eigenvalue weighted by atomic mass is 10.1. The molecule has 6 nitrogen and oxygen atoms in total. The second-order valence-corrected chi connectivity index (χ2v) is 7.46. The van der Waals surface area contributed by atoms with Crippen LogP contribution in [-0.2, 0) is 33.8 Å². The van der Waals surface area contributed by atoms with Crippen LogP contribution in [0.15, 0.2) is 53.9 Å². The van der Waals surface area contributed by atoms with Crippen LogP contribution in [0.3, 0.4) is 0 Å². The third-order valence-electron chi connectivity index (χ3n) is 4.11. The number of hydrogen-bond acceptors (Lipinski definition) is 6. The maximum absolute atomic E-state index is 12.2. The van der Waals surface area contributed by atoms with E-state index in [1.807, 2.05) is 49.4 Å². The Kier molecular flexibility index (Phi) is 6.97. The summed E-state index contributed by atoms with van der Waals surface area (Å²) < 4.78 is 10.4. The Morgan fingerprint density at radius 3 is 2.66 bits per heavy atom. The molecule has 150 valence electrons. The van der Waals surface area contributed by atoms with Crippen molar-refractivity contribution in [1.82, 2.24) is 4.98 Å². The molecule has 1 N–H and O–H groups in total. The summed E-state index contributed by atoms with van der Waals surface area (Å²) in [5.74, 6) is 0.220. The topological polar surface area (TPSA) is 77.5 Å². The number of amides is 1. The molecule has 0 unspecified atom stereocenters. The number of nitrogens with zero attached hydrogens (tertiary/aromatic N) is 1. The largest absolute Gasteiger partial charge is 0.497 e. The van der Waals surface area contributed by atoms with E-state index in [9.17, 15) is 9.59 Å². The second kappa shape index (κ2) is 9.84. The molecule has 0 bridgehead atoms. The van der Waals surface area contributed by atoms with Gasteiger partial charge in [0.05, 0.1) is 25.6 Å². The highest BCUT2D eigenvalue weighted by atomic mass is 32.1. The summed E-state index contributed by atoms with van der Waals surface area (Å²) in [5, 5.41) is 5.32. The zero-order valence-corrected chi connectivity index (χ0v) is 17.1. The fourth-order valence-electron chi connectivity index (χ4n) is 2.63. The lowest BCUT2D eigenvalue weighted by molar-refractivity contribution is -0.144. The number of thiazole rings is 1. The molecule has 0 fully saturated rings. The Hall–Kier alpha value is -3.19. The monoisotopic (exact) mass is 410 g/mol.